The molecule has 1 aromatic carbocycles. The van der Waals surface area contributed by atoms with Gasteiger partial charge in [0.05, 0.1) is 12.7 Å². The van der Waals surface area contributed by atoms with E-state index in [9.17, 15) is 4.79 Å². The van der Waals surface area contributed by atoms with Crippen molar-refractivity contribution in [2.24, 2.45) is 0 Å². The number of rotatable bonds is 7. The summed E-state index contributed by atoms with van der Waals surface area (Å²) in [6.07, 6.45) is 1.34. The van der Waals surface area contributed by atoms with Gasteiger partial charge in [0.15, 0.2) is 13.1 Å². The zero-order valence-electron chi connectivity index (χ0n) is 11.0. The SMILES string of the molecule is C=C(C)Cc1c(OC)ccc(C=O)c1OCOC. The van der Waals surface area contributed by atoms with E-state index in [4.69, 9.17) is 14.2 Å². The highest BCUT2D eigenvalue weighted by Crippen LogP contribution is 2.33. The van der Waals surface area contributed by atoms with Gasteiger partial charge in [-0.1, -0.05) is 12.2 Å². The average Bonchev–Trinajstić information content (AvgIpc) is 2.36. The lowest BCUT2D eigenvalue weighted by Crippen LogP contribution is -2.06. The summed E-state index contributed by atoms with van der Waals surface area (Å²) >= 11 is 0. The van der Waals surface area contributed by atoms with Crippen molar-refractivity contribution in [3.8, 4) is 11.5 Å². The van der Waals surface area contributed by atoms with Crippen LogP contribution >= 0.6 is 0 Å². The molecular weight excluding hydrogens is 232 g/mol. The fourth-order valence-electron chi connectivity index (χ4n) is 1.67. The highest BCUT2D eigenvalue weighted by molar-refractivity contribution is 5.81. The zero-order chi connectivity index (χ0) is 13.5. The standard InChI is InChI=1S/C14H18O4/c1-10(2)7-12-13(17-4)6-5-11(8-15)14(12)18-9-16-3/h5-6,8H,1,7,9H2,2-4H3. The molecule has 0 atom stereocenters. The molecule has 0 radical (unpaired) electrons. The summed E-state index contributed by atoms with van der Waals surface area (Å²) in [7, 11) is 3.11. The monoisotopic (exact) mass is 250 g/mol. The zero-order valence-corrected chi connectivity index (χ0v) is 11.0. The maximum absolute atomic E-state index is 11.0. The van der Waals surface area contributed by atoms with Crippen molar-refractivity contribution in [2.45, 2.75) is 13.3 Å². The van der Waals surface area contributed by atoms with E-state index in [1.165, 1.54) is 7.11 Å². The van der Waals surface area contributed by atoms with Crippen LogP contribution in [0.4, 0.5) is 0 Å². The smallest absolute Gasteiger partial charge is 0.188 e. The summed E-state index contributed by atoms with van der Waals surface area (Å²) in [5.41, 5.74) is 2.24. The fourth-order valence-corrected chi connectivity index (χ4v) is 1.67. The van der Waals surface area contributed by atoms with Crippen LogP contribution < -0.4 is 9.47 Å². The lowest BCUT2D eigenvalue weighted by atomic mass is 10.0. The summed E-state index contributed by atoms with van der Waals surface area (Å²) < 4.78 is 15.6. The second-order valence-corrected chi connectivity index (χ2v) is 3.97. The quantitative estimate of drug-likeness (QED) is 0.424. The third-order valence-corrected chi connectivity index (χ3v) is 2.39. The molecule has 1 aromatic rings. The first-order valence-corrected chi connectivity index (χ1v) is 5.55. The van der Waals surface area contributed by atoms with E-state index in [0.29, 0.717) is 23.5 Å². The van der Waals surface area contributed by atoms with Crippen molar-refractivity contribution < 1.29 is 19.0 Å². The number of benzene rings is 1. The van der Waals surface area contributed by atoms with Gasteiger partial charge in [-0.15, -0.1) is 0 Å². The van der Waals surface area contributed by atoms with Gasteiger partial charge in [0, 0.05) is 19.1 Å². The number of hydrogen-bond acceptors (Lipinski definition) is 4. The number of allylic oxidation sites excluding steroid dienone is 1. The van der Waals surface area contributed by atoms with E-state index in [1.54, 1.807) is 19.2 Å². The van der Waals surface area contributed by atoms with Crippen LogP contribution in [0.5, 0.6) is 11.5 Å². The minimum absolute atomic E-state index is 0.0806. The molecule has 0 bridgehead atoms. The summed E-state index contributed by atoms with van der Waals surface area (Å²) in [5, 5.41) is 0. The third kappa shape index (κ3) is 3.34. The van der Waals surface area contributed by atoms with Gasteiger partial charge in [0.1, 0.15) is 11.5 Å². The summed E-state index contributed by atoms with van der Waals surface area (Å²) in [5.74, 6) is 1.17. The molecule has 0 amide bonds. The molecule has 0 saturated carbocycles. The van der Waals surface area contributed by atoms with Crippen LogP contribution in [0.1, 0.15) is 22.8 Å². The molecule has 0 unspecified atom stereocenters. The average molecular weight is 250 g/mol. The van der Waals surface area contributed by atoms with Crippen LogP contribution in [0.25, 0.3) is 0 Å². The fraction of sp³-hybridized carbons (Fsp3) is 0.357. The number of ether oxygens (including phenoxy) is 3. The van der Waals surface area contributed by atoms with Crippen LogP contribution in [0.15, 0.2) is 24.3 Å². The lowest BCUT2D eigenvalue weighted by Gasteiger charge is -2.16. The van der Waals surface area contributed by atoms with Crippen LogP contribution in [0.3, 0.4) is 0 Å². The van der Waals surface area contributed by atoms with E-state index in [-0.39, 0.29) is 6.79 Å². The van der Waals surface area contributed by atoms with E-state index in [2.05, 4.69) is 6.58 Å². The number of methoxy groups -OCH3 is 2. The first kappa shape index (κ1) is 14.3. The molecule has 4 heteroatoms. The van der Waals surface area contributed by atoms with Gasteiger partial charge in [0.2, 0.25) is 0 Å². The Labute approximate surface area is 107 Å². The van der Waals surface area contributed by atoms with Crippen LogP contribution in [0, 0.1) is 0 Å². The minimum Gasteiger partial charge on any atom is -0.496 e. The van der Waals surface area contributed by atoms with Crippen molar-refractivity contribution in [1.29, 1.82) is 0 Å². The predicted molar refractivity (Wildman–Crippen MR) is 69.4 cm³/mol. The molecule has 0 aromatic heterocycles. The van der Waals surface area contributed by atoms with Crippen molar-refractivity contribution >= 4 is 6.29 Å². The topological polar surface area (TPSA) is 44.8 Å². The largest absolute Gasteiger partial charge is 0.496 e. The van der Waals surface area contributed by atoms with Crippen LogP contribution in [0.2, 0.25) is 0 Å². The Kier molecular flexibility index (Phi) is 5.39. The van der Waals surface area contributed by atoms with Crippen molar-refractivity contribution in [3.63, 3.8) is 0 Å². The maximum atomic E-state index is 11.0. The Balaban J connectivity index is 3.27. The third-order valence-electron chi connectivity index (χ3n) is 2.39. The van der Waals surface area contributed by atoms with Crippen LogP contribution in [-0.4, -0.2) is 27.3 Å². The van der Waals surface area contributed by atoms with E-state index in [0.717, 1.165) is 17.4 Å². The summed E-state index contributed by atoms with van der Waals surface area (Å²) in [4.78, 5) is 11.0. The molecule has 4 nitrogen and oxygen atoms in total. The van der Waals surface area contributed by atoms with Crippen LogP contribution in [-0.2, 0) is 11.2 Å². The molecule has 98 valence electrons. The van der Waals surface area contributed by atoms with Crippen molar-refractivity contribution in [1.82, 2.24) is 0 Å². The summed E-state index contributed by atoms with van der Waals surface area (Å²) in [6.45, 7) is 5.86. The molecule has 0 fully saturated rings. The number of carbonyl (C=O) groups is 1. The highest BCUT2D eigenvalue weighted by Gasteiger charge is 2.15. The number of aldehydes is 1. The van der Waals surface area contributed by atoms with Gasteiger partial charge < -0.3 is 14.2 Å². The van der Waals surface area contributed by atoms with E-state index >= 15 is 0 Å². The van der Waals surface area contributed by atoms with Crippen molar-refractivity contribution in [3.05, 3.63) is 35.4 Å². The van der Waals surface area contributed by atoms with Gasteiger partial charge in [-0.05, 0) is 19.1 Å². The number of carbonyl (C=O) groups excluding carboxylic acids is 1. The van der Waals surface area contributed by atoms with Crippen molar-refractivity contribution in [2.75, 3.05) is 21.0 Å². The molecule has 0 spiro atoms. The Morgan fingerprint density at radius 2 is 2.11 bits per heavy atom. The first-order valence-electron chi connectivity index (χ1n) is 5.55. The number of hydrogen-bond donors (Lipinski definition) is 0. The maximum Gasteiger partial charge on any atom is 0.188 e. The predicted octanol–water partition coefficient (Wildman–Crippen LogP) is 2.61. The Bertz CT molecular complexity index is 438. The second kappa shape index (κ2) is 6.81. The first-order chi connectivity index (χ1) is 8.63. The summed E-state index contributed by atoms with van der Waals surface area (Å²) in [6, 6.07) is 3.42. The van der Waals surface area contributed by atoms with Gasteiger partial charge in [-0.3, -0.25) is 4.79 Å². The Hall–Kier alpha value is -1.81. The van der Waals surface area contributed by atoms with E-state index in [1.807, 2.05) is 6.92 Å². The van der Waals surface area contributed by atoms with Gasteiger partial charge in [-0.2, -0.15) is 0 Å². The van der Waals surface area contributed by atoms with E-state index < -0.39 is 0 Å². The molecule has 0 N–H and O–H groups in total. The Morgan fingerprint density at radius 3 is 2.61 bits per heavy atom. The lowest BCUT2D eigenvalue weighted by molar-refractivity contribution is 0.0497. The normalized spacial score (nSPS) is 9.94. The molecule has 1 rings (SSSR count). The molecule has 0 heterocycles. The Morgan fingerprint density at radius 1 is 1.39 bits per heavy atom. The molecule has 0 aliphatic rings. The highest BCUT2D eigenvalue weighted by atomic mass is 16.7. The minimum atomic E-state index is 0.0806. The molecule has 0 saturated heterocycles. The second-order valence-electron chi connectivity index (χ2n) is 3.97. The molecular formula is C14H18O4. The molecule has 0 aliphatic heterocycles. The van der Waals surface area contributed by atoms with Gasteiger partial charge in [0.25, 0.3) is 0 Å². The molecule has 18 heavy (non-hydrogen) atoms. The van der Waals surface area contributed by atoms with Gasteiger partial charge in [-0.25, -0.2) is 0 Å². The van der Waals surface area contributed by atoms with Gasteiger partial charge >= 0.3 is 0 Å². The molecule has 0 aliphatic carbocycles.